The summed E-state index contributed by atoms with van der Waals surface area (Å²) in [7, 11) is 0. The fourth-order valence-electron chi connectivity index (χ4n) is 5.33. The summed E-state index contributed by atoms with van der Waals surface area (Å²) in [6.45, 7) is 11.0. The number of nitrogens with one attached hydrogen (secondary N) is 1. The highest BCUT2D eigenvalue weighted by atomic mass is 32.2. The molecular formula is C33H42N2OS. The Morgan fingerprint density at radius 1 is 0.811 bits per heavy atom. The van der Waals surface area contributed by atoms with Crippen LogP contribution in [0.4, 0.5) is 16.2 Å². The van der Waals surface area contributed by atoms with E-state index in [1.54, 1.807) is 11.8 Å². The number of thioether (sulfide) groups is 1. The second kappa shape index (κ2) is 12.7. The maximum Gasteiger partial charge on any atom is 0.327 e. The predicted octanol–water partition coefficient (Wildman–Crippen LogP) is 9.79. The molecule has 1 atom stereocenters. The topological polar surface area (TPSA) is 32.3 Å². The number of anilines is 2. The van der Waals surface area contributed by atoms with E-state index in [-0.39, 0.29) is 11.4 Å². The molecule has 1 aliphatic rings. The minimum Gasteiger partial charge on any atom is -0.325 e. The Kier molecular flexibility index (Phi) is 9.37. The van der Waals surface area contributed by atoms with Gasteiger partial charge >= 0.3 is 6.03 Å². The van der Waals surface area contributed by atoms with Crippen LogP contribution in [0.5, 0.6) is 0 Å². The summed E-state index contributed by atoms with van der Waals surface area (Å²) in [4.78, 5) is 17.5. The molecular weight excluding hydrogens is 472 g/mol. The van der Waals surface area contributed by atoms with Crippen LogP contribution in [0, 0.1) is 12.8 Å². The van der Waals surface area contributed by atoms with Gasteiger partial charge in [0.1, 0.15) is 0 Å². The van der Waals surface area contributed by atoms with E-state index >= 15 is 0 Å². The van der Waals surface area contributed by atoms with Crippen LogP contribution in [0.1, 0.15) is 88.3 Å². The van der Waals surface area contributed by atoms with Gasteiger partial charge in [0, 0.05) is 4.90 Å². The normalized spacial score (nSPS) is 15.1. The van der Waals surface area contributed by atoms with Crippen LogP contribution in [-0.2, 0) is 0 Å². The molecule has 1 saturated carbocycles. The monoisotopic (exact) mass is 514 g/mol. The van der Waals surface area contributed by atoms with Gasteiger partial charge in [-0.05, 0) is 72.9 Å². The summed E-state index contributed by atoms with van der Waals surface area (Å²) in [6.07, 6.45) is 6.09. The average molecular weight is 515 g/mol. The second-order valence-electron chi connectivity index (χ2n) is 11.0. The van der Waals surface area contributed by atoms with Gasteiger partial charge in [0.05, 0.1) is 16.7 Å². The first-order chi connectivity index (χ1) is 17.8. The summed E-state index contributed by atoms with van der Waals surface area (Å²) < 4.78 is 0. The highest BCUT2D eigenvalue weighted by Gasteiger charge is 2.31. The number of carbonyl (C=O) groups is 1. The zero-order valence-electron chi connectivity index (χ0n) is 23.0. The van der Waals surface area contributed by atoms with Crippen molar-refractivity contribution in [2.24, 2.45) is 5.92 Å². The highest BCUT2D eigenvalue weighted by molar-refractivity contribution is 8.00. The molecule has 0 heterocycles. The molecule has 4 heteroatoms. The van der Waals surface area contributed by atoms with Crippen LogP contribution in [0.15, 0.2) is 77.7 Å². The molecule has 1 aliphatic carbocycles. The number of rotatable bonds is 8. The molecule has 2 amide bonds. The Morgan fingerprint density at radius 3 is 1.97 bits per heavy atom. The molecule has 0 radical (unpaired) electrons. The maximum atomic E-state index is 14.4. The van der Waals surface area contributed by atoms with Crippen molar-refractivity contribution in [3.8, 4) is 0 Å². The molecule has 1 N–H and O–H groups in total. The molecule has 0 aromatic heterocycles. The van der Waals surface area contributed by atoms with Crippen molar-refractivity contribution in [2.45, 2.75) is 88.8 Å². The number of hydrogen-bond donors (Lipinski definition) is 1. The average Bonchev–Trinajstić information content (AvgIpc) is 2.90. The number of benzene rings is 3. The first-order valence-corrected chi connectivity index (χ1v) is 14.7. The molecule has 3 aromatic carbocycles. The quantitative estimate of drug-likeness (QED) is 0.240. The van der Waals surface area contributed by atoms with Gasteiger partial charge in [-0.1, -0.05) is 101 Å². The minimum absolute atomic E-state index is 0.0235. The Balaban J connectivity index is 1.75. The molecule has 0 saturated heterocycles. The standard InChI is InChI=1S/C33H42N2OS/c1-23(2)29-17-12-18-30(24(3)4)31(29)35(27-15-10-7-11-16-27)33(36)34-32(26-13-8-6-9-14-26)37-28-21-19-25(5)20-22-28/h7,10-12,15-24,26,32H,6,8-9,13-14H2,1-5H3,(H,34,36). The lowest BCUT2D eigenvalue weighted by Crippen LogP contribution is -2.45. The lowest BCUT2D eigenvalue weighted by atomic mass is 9.89. The van der Waals surface area contributed by atoms with Crippen LogP contribution < -0.4 is 10.2 Å². The van der Waals surface area contributed by atoms with Crippen molar-refractivity contribution in [3.05, 3.63) is 89.5 Å². The molecule has 0 bridgehead atoms. The van der Waals surface area contributed by atoms with Gasteiger partial charge in [-0.3, -0.25) is 4.90 Å². The van der Waals surface area contributed by atoms with E-state index in [9.17, 15) is 4.79 Å². The molecule has 0 spiro atoms. The van der Waals surface area contributed by atoms with Crippen LogP contribution in [-0.4, -0.2) is 11.4 Å². The molecule has 0 aliphatic heterocycles. The summed E-state index contributed by atoms with van der Waals surface area (Å²) >= 11 is 1.80. The van der Waals surface area contributed by atoms with Crippen LogP contribution in [0.3, 0.4) is 0 Å². The van der Waals surface area contributed by atoms with Gasteiger partial charge in [0.2, 0.25) is 0 Å². The molecule has 1 unspecified atom stereocenters. The molecule has 37 heavy (non-hydrogen) atoms. The van der Waals surface area contributed by atoms with E-state index in [2.05, 4.69) is 82.4 Å². The first kappa shape index (κ1) is 27.3. The Labute approximate surface area is 228 Å². The lowest BCUT2D eigenvalue weighted by Gasteiger charge is -2.35. The lowest BCUT2D eigenvalue weighted by molar-refractivity contribution is 0.241. The smallest absolute Gasteiger partial charge is 0.325 e. The molecule has 196 valence electrons. The van der Waals surface area contributed by atoms with E-state index in [4.69, 9.17) is 0 Å². The molecule has 4 rings (SSSR count). The highest BCUT2D eigenvalue weighted by Crippen LogP contribution is 2.40. The zero-order chi connectivity index (χ0) is 26.4. The number of hydrogen-bond acceptors (Lipinski definition) is 2. The van der Waals surface area contributed by atoms with E-state index in [0.29, 0.717) is 17.8 Å². The third kappa shape index (κ3) is 6.78. The number of amides is 2. The van der Waals surface area contributed by atoms with Crippen molar-refractivity contribution in [1.82, 2.24) is 5.32 Å². The van der Waals surface area contributed by atoms with Crippen molar-refractivity contribution in [3.63, 3.8) is 0 Å². The number of carbonyl (C=O) groups excluding carboxylic acids is 1. The van der Waals surface area contributed by atoms with Gasteiger partial charge in [0.25, 0.3) is 0 Å². The number of nitrogens with zero attached hydrogens (tertiary/aromatic N) is 1. The summed E-state index contributed by atoms with van der Waals surface area (Å²) in [5.74, 6) is 1.05. The second-order valence-corrected chi connectivity index (χ2v) is 12.2. The first-order valence-electron chi connectivity index (χ1n) is 13.9. The SMILES string of the molecule is Cc1ccc(SC(NC(=O)N(c2ccccc2)c2c(C(C)C)cccc2C(C)C)C2CCCCC2)cc1. The van der Waals surface area contributed by atoms with Gasteiger partial charge in [-0.15, -0.1) is 11.8 Å². The molecule has 3 aromatic rings. The third-order valence-corrected chi connectivity index (χ3v) is 8.71. The van der Waals surface area contributed by atoms with Crippen molar-refractivity contribution < 1.29 is 4.79 Å². The molecule has 1 fully saturated rings. The minimum atomic E-state index is -0.0450. The van der Waals surface area contributed by atoms with E-state index in [1.807, 2.05) is 35.2 Å². The Bertz CT molecular complexity index is 1120. The van der Waals surface area contributed by atoms with Crippen LogP contribution in [0.2, 0.25) is 0 Å². The van der Waals surface area contributed by atoms with Gasteiger partial charge < -0.3 is 5.32 Å². The third-order valence-electron chi connectivity index (χ3n) is 7.41. The van der Waals surface area contributed by atoms with Crippen molar-refractivity contribution in [1.29, 1.82) is 0 Å². The zero-order valence-corrected chi connectivity index (χ0v) is 23.9. The molecule has 3 nitrogen and oxygen atoms in total. The maximum absolute atomic E-state index is 14.4. The fraction of sp³-hybridized carbons (Fsp3) is 0.424. The van der Waals surface area contributed by atoms with Gasteiger partial charge in [-0.25, -0.2) is 4.79 Å². The van der Waals surface area contributed by atoms with E-state index < -0.39 is 0 Å². The van der Waals surface area contributed by atoms with Crippen molar-refractivity contribution >= 4 is 29.2 Å². The van der Waals surface area contributed by atoms with Crippen LogP contribution >= 0.6 is 11.8 Å². The fourth-order valence-corrected chi connectivity index (χ4v) is 6.54. The summed E-state index contributed by atoms with van der Waals surface area (Å²) in [6, 6.07) is 25.3. The predicted molar refractivity (Wildman–Crippen MR) is 159 cm³/mol. The van der Waals surface area contributed by atoms with Gasteiger partial charge in [-0.2, -0.15) is 0 Å². The van der Waals surface area contributed by atoms with Gasteiger partial charge in [0.15, 0.2) is 0 Å². The van der Waals surface area contributed by atoms with E-state index in [0.717, 1.165) is 24.2 Å². The number of aryl methyl sites for hydroxylation is 1. The Morgan fingerprint density at radius 2 is 1.41 bits per heavy atom. The summed E-state index contributed by atoms with van der Waals surface area (Å²) in [5, 5.41) is 3.55. The van der Waals surface area contributed by atoms with Crippen molar-refractivity contribution in [2.75, 3.05) is 4.90 Å². The largest absolute Gasteiger partial charge is 0.327 e. The van der Waals surface area contributed by atoms with E-state index in [1.165, 1.54) is 40.8 Å². The number of urea groups is 1. The number of para-hydroxylation sites is 2. The summed E-state index contributed by atoms with van der Waals surface area (Å²) in [5.41, 5.74) is 5.58. The Hall–Kier alpha value is -2.72. The van der Waals surface area contributed by atoms with Crippen LogP contribution in [0.25, 0.3) is 0 Å².